The molecular weight excluding hydrogens is 419 g/mol. The van der Waals surface area contributed by atoms with Crippen molar-refractivity contribution in [3.63, 3.8) is 0 Å². The Labute approximate surface area is 175 Å². The summed E-state index contributed by atoms with van der Waals surface area (Å²) in [6.45, 7) is 1.59. The van der Waals surface area contributed by atoms with Crippen molar-refractivity contribution in [2.45, 2.75) is 37.2 Å². The van der Waals surface area contributed by atoms with E-state index in [1.165, 1.54) is 35.2 Å². The number of oxime groups is 1. The number of alkyl halides is 4. The predicted molar refractivity (Wildman–Crippen MR) is 102 cm³/mol. The van der Waals surface area contributed by atoms with Gasteiger partial charge in [-0.05, 0) is 23.3 Å². The number of halogens is 5. The Kier molecular flexibility index (Phi) is 5.02. The van der Waals surface area contributed by atoms with E-state index in [-0.39, 0.29) is 30.3 Å². The summed E-state index contributed by atoms with van der Waals surface area (Å²) < 4.78 is 70.3. The topological polar surface area (TPSA) is 41.9 Å². The fraction of sp³-hybridized carbons (Fsp3) is 0.364. The number of rotatable bonds is 4. The SMILES string of the molecule is CCC(=O)N1CC(F)(c2ccc(C3=NOC(c4cccc(F)c4)(C(F)(F)F)C3)cc2)C1. The van der Waals surface area contributed by atoms with Crippen molar-refractivity contribution in [1.82, 2.24) is 4.90 Å². The van der Waals surface area contributed by atoms with Crippen molar-refractivity contribution >= 4 is 11.6 Å². The molecule has 1 atom stereocenters. The third-order valence-electron chi connectivity index (χ3n) is 5.75. The maximum atomic E-state index is 15.0. The third-order valence-corrected chi connectivity index (χ3v) is 5.75. The number of hydrogen-bond donors (Lipinski definition) is 0. The van der Waals surface area contributed by atoms with Crippen molar-refractivity contribution < 1.29 is 31.6 Å². The lowest BCUT2D eigenvalue weighted by Gasteiger charge is -2.44. The minimum absolute atomic E-state index is 0.0254. The number of carbonyl (C=O) groups is 1. The van der Waals surface area contributed by atoms with Crippen LogP contribution in [0.5, 0.6) is 0 Å². The molecule has 0 aliphatic carbocycles. The third kappa shape index (κ3) is 3.55. The highest BCUT2D eigenvalue weighted by Gasteiger charge is 2.62. The molecule has 31 heavy (non-hydrogen) atoms. The van der Waals surface area contributed by atoms with Crippen LogP contribution in [-0.2, 0) is 20.9 Å². The lowest BCUT2D eigenvalue weighted by Crippen LogP contribution is -2.58. The monoisotopic (exact) mass is 438 g/mol. The quantitative estimate of drug-likeness (QED) is 0.642. The first-order valence-corrected chi connectivity index (χ1v) is 9.73. The molecule has 1 unspecified atom stereocenters. The van der Waals surface area contributed by atoms with Gasteiger partial charge in [0.05, 0.1) is 18.8 Å². The summed E-state index contributed by atoms with van der Waals surface area (Å²) in [6.07, 6.45) is -5.18. The fourth-order valence-corrected chi connectivity index (χ4v) is 3.90. The molecule has 1 fully saturated rings. The highest BCUT2D eigenvalue weighted by Crippen LogP contribution is 2.49. The van der Waals surface area contributed by atoms with Crippen LogP contribution in [0.3, 0.4) is 0 Å². The summed E-state index contributed by atoms with van der Waals surface area (Å²) in [4.78, 5) is 17.9. The van der Waals surface area contributed by atoms with E-state index >= 15 is 0 Å². The molecule has 0 radical (unpaired) electrons. The second-order valence-electron chi connectivity index (χ2n) is 7.79. The number of carbonyl (C=O) groups excluding carboxylic acids is 1. The van der Waals surface area contributed by atoms with Crippen LogP contribution < -0.4 is 0 Å². The molecule has 1 saturated heterocycles. The van der Waals surface area contributed by atoms with E-state index in [9.17, 15) is 26.7 Å². The van der Waals surface area contributed by atoms with E-state index in [0.717, 1.165) is 18.2 Å². The summed E-state index contributed by atoms with van der Waals surface area (Å²) in [5.41, 5.74) is -4.15. The Balaban J connectivity index is 1.54. The molecule has 2 aliphatic rings. The highest BCUT2D eigenvalue weighted by atomic mass is 19.4. The smallest absolute Gasteiger partial charge is 0.374 e. The second-order valence-corrected chi connectivity index (χ2v) is 7.79. The fourth-order valence-electron chi connectivity index (χ4n) is 3.90. The molecule has 0 aromatic heterocycles. The van der Waals surface area contributed by atoms with Gasteiger partial charge in [-0.2, -0.15) is 13.2 Å². The first-order chi connectivity index (χ1) is 14.6. The predicted octanol–water partition coefficient (Wildman–Crippen LogP) is 4.82. The molecule has 0 N–H and O–H groups in total. The molecule has 0 saturated carbocycles. The van der Waals surface area contributed by atoms with Gasteiger partial charge in [0.1, 0.15) is 5.82 Å². The molecule has 9 heteroatoms. The number of nitrogens with zero attached hydrogens (tertiary/aromatic N) is 2. The molecule has 2 aromatic carbocycles. The number of amides is 1. The van der Waals surface area contributed by atoms with Gasteiger partial charge < -0.3 is 9.74 Å². The van der Waals surface area contributed by atoms with E-state index in [4.69, 9.17) is 4.84 Å². The molecule has 2 heterocycles. The average Bonchev–Trinajstić information content (AvgIpc) is 3.18. The summed E-state index contributed by atoms with van der Waals surface area (Å²) in [6, 6.07) is 10.0. The zero-order chi connectivity index (χ0) is 22.4. The second kappa shape index (κ2) is 7.32. The van der Waals surface area contributed by atoms with Gasteiger partial charge in [-0.15, -0.1) is 0 Å². The van der Waals surface area contributed by atoms with Gasteiger partial charge in [-0.25, -0.2) is 8.78 Å². The van der Waals surface area contributed by atoms with Crippen molar-refractivity contribution in [3.05, 3.63) is 71.0 Å². The van der Waals surface area contributed by atoms with E-state index < -0.39 is 29.7 Å². The number of likely N-dealkylation sites (tertiary alicyclic amines) is 1. The van der Waals surface area contributed by atoms with Crippen molar-refractivity contribution in [2.24, 2.45) is 5.16 Å². The van der Waals surface area contributed by atoms with Crippen LogP contribution >= 0.6 is 0 Å². The Morgan fingerprint density at radius 2 is 1.81 bits per heavy atom. The Morgan fingerprint density at radius 3 is 2.39 bits per heavy atom. The minimum atomic E-state index is -4.84. The Morgan fingerprint density at radius 1 is 1.13 bits per heavy atom. The average molecular weight is 438 g/mol. The van der Waals surface area contributed by atoms with Crippen LogP contribution in [0.1, 0.15) is 36.5 Å². The lowest BCUT2D eigenvalue weighted by atomic mass is 9.84. The van der Waals surface area contributed by atoms with Gasteiger partial charge in [-0.1, -0.05) is 48.5 Å². The van der Waals surface area contributed by atoms with Gasteiger partial charge >= 0.3 is 6.18 Å². The first-order valence-electron chi connectivity index (χ1n) is 9.73. The molecule has 2 aromatic rings. The molecule has 0 bridgehead atoms. The zero-order valence-corrected chi connectivity index (χ0v) is 16.5. The van der Waals surface area contributed by atoms with E-state index in [1.54, 1.807) is 6.92 Å². The minimum Gasteiger partial charge on any atom is -0.374 e. The number of hydrogen-bond acceptors (Lipinski definition) is 3. The van der Waals surface area contributed by atoms with Gasteiger partial charge in [-0.3, -0.25) is 4.79 Å². The molecule has 1 amide bonds. The summed E-state index contributed by atoms with van der Waals surface area (Å²) in [5, 5.41) is 3.63. The molecule has 164 valence electrons. The van der Waals surface area contributed by atoms with Crippen LogP contribution in [0.25, 0.3) is 0 Å². The van der Waals surface area contributed by atoms with Crippen LogP contribution in [0.15, 0.2) is 53.7 Å². The molecule has 2 aliphatic heterocycles. The first kappa shape index (κ1) is 21.3. The van der Waals surface area contributed by atoms with Crippen LogP contribution in [0.4, 0.5) is 22.0 Å². The molecule has 4 nitrogen and oxygen atoms in total. The summed E-state index contributed by atoms with van der Waals surface area (Å²) in [5.74, 6) is -0.949. The van der Waals surface area contributed by atoms with Crippen molar-refractivity contribution in [1.29, 1.82) is 0 Å². The van der Waals surface area contributed by atoms with Crippen LogP contribution in [0, 0.1) is 5.82 Å². The van der Waals surface area contributed by atoms with E-state index in [1.807, 2.05) is 0 Å². The highest BCUT2D eigenvalue weighted by molar-refractivity contribution is 6.01. The number of benzene rings is 2. The van der Waals surface area contributed by atoms with E-state index in [2.05, 4.69) is 5.16 Å². The molecular formula is C22H19F5N2O2. The molecule has 0 spiro atoms. The lowest BCUT2D eigenvalue weighted by molar-refractivity contribution is -0.275. The van der Waals surface area contributed by atoms with Gasteiger partial charge in [0, 0.05) is 18.4 Å². The Hall–Kier alpha value is -2.97. The van der Waals surface area contributed by atoms with Gasteiger partial charge in [0.25, 0.3) is 5.60 Å². The zero-order valence-electron chi connectivity index (χ0n) is 16.5. The maximum Gasteiger partial charge on any atom is 0.435 e. The largest absolute Gasteiger partial charge is 0.435 e. The summed E-state index contributed by atoms with van der Waals surface area (Å²) in [7, 11) is 0. The standard InChI is InChI=1S/C22H19F5N2O2/c1-2-19(30)29-12-20(24,13-29)15-8-6-14(7-9-15)18-11-21(31-28-18,22(25,26)27)16-4-3-5-17(23)10-16/h3-10H,2,11-13H2,1H3. The van der Waals surface area contributed by atoms with Gasteiger partial charge in [0.15, 0.2) is 5.67 Å². The van der Waals surface area contributed by atoms with E-state index in [0.29, 0.717) is 17.5 Å². The normalized spacial score (nSPS) is 22.5. The summed E-state index contributed by atoms with van der Waals surface area (Å²) >= 11 is 0. The van der Waals surface area contributed by atoms with Crippen molar-refractivity contribution in [3.8, 4) is 0 Å². The molecule has 4 rings (SSSR count). The van der Waals surface area contributed by atoms with Crippen molar-refractivity contribution in [2.75, 3.05) is 13.1 Å². The Bertz CT molecular complexity index is 1030. The maximum absolute atomic E-state index is 15.0. The van der Waals surface area contributed by atoms with Gasteiger partial charge in [0.2, 0.25) is 5.91 Å². The van der Waals surface area contributed by atoms with Crippen LogP contribution in [0.2, 0.25) is 0 Å². The van der Waals surface area contributed by atoms with Crippen LogP contribution in [-0.4, -0.2) is 35.8 Å².